The van der Waals surface area contributed by atoms with Crippen LogP contribution >= 0.6 is 0 Å². The fraction of sp³-hybridized carbons (Fsp3) is 0.452. The molecule has 46 heavy (non-hydrogen) atoms. The van der Waals surface area contributed by atoms with Crippen LogP contribution in [0.5, 0.6) is 0 Å². The summed E-state index contributed by atoms with van der Waals surface area (Å²) in [6.45, 7) is 18.5. The van der Waals surface area contributed by atoms with Crippen molar-refractivity contribution in [1.82, 2.24) is 19.5 Å². The fourth-order valence-corrected chi connectivity index (χ4v) is 7.24. The molecule has 242 valence electrons. The Hall–Kier alpha value is -3.79. The monoisotopic (exact) mass is 614 g/mol. The molecule has 4 heteroatoms. The number of aryl methyl sites for hydroxylation is 1. The minimum absolute atomic E-state index is 0.427. The molecule has 2 N–H and O–H groups in total. The second kappa shape index (κ2) is 13.1. The van der Waals surface area contributed by atoms with Crippen LogP contribution in [0.3, 0.4) is 0 Å². The summed E-state index contributed by atoms with van der Waals surface area (Å²) in [7, 11) is 2.24. The van der Waals surface area contributed by atoms with Crippen LogP contribution < -0.4 is 0 Å². The minimum Gasteiger partial charge on any atom is -0.358 e. The molecule has 6 aromatic rings. The number of fused-ring (bicyclic) bond motifs is 3. The number of aromatic amines is 2. The Kier molecular flexibility index (Phi) is 9.19. The maximum Gasteiger partial charge on any atom is 0.0642 e. The first-order valence-electron chi connectivity index (χ1n) is 17.7. The summed E-state index contributed by atoms with van der Waals surface area (Å²) in [5.41, 5.74) is 11.8. The van der Waals surface area contributed by atoms with Crippen molar-refractivity contribution < 1.29 is 0 Å². The van der Waals surface area contributed by atoms with Crippen molar-refractivity contribution in [3.63, 3.8) is 0 Å². The molecule has 4 nitrogen and oxygen atoms in total. The quantitative estimate of drug-likeness (QED) is 0.142. The van der Waals surface area contributed by atoms with E-state index in [1.165, 1.54) is 73.9 Å². The number of hydrogen-bond donors (Lipinski definition) is 2. The Labute approximate surface area is 276 Å². The summed E-state index contributed by atoms with van der Waals surface area (Å²) in [5.74, 6) is 2.98. The van der Waals surface area contributed by atoms with Gasteiger partial charge in [-0.2, -0.15) is 0 Å². The van der Waals surface area contributed by atoms with Crippen molar-refractivity contribution in [2.75, 3.05) is 0 Å². The Morgan fingerprint density at radius 2 is 1.20 bits per heavy atom. The molecule has 0 fully saturated rings. The van der Waals surface area contributed by atoms with Crippen LogP contribution in [0.15, 0.2) is 66.9 Å². The molecule has 6 rings (SSSR count). The van der Waals surface area contributed by atoms with Gasteiger partial charge in [0, 0.05) is 51.6 Å². The van der Waals surface area contributed by atoms with E-state index in [0.29, 0.717) is 35.5 Å². The Bertz CT molecular complexity index is 1950. The van der Waals surface area contributed by atoms with Gasteiger partial charge in [0.2, 0.25) is 0 Å². The molecule has 0 saturated carbocycles. The lowest BCUT2D eigenvalue weighted by Gasteiger charge is -2.17. The summed E-state index contributed by atoms with van der Waals surface area (Å²) < 4.78 is 2.42. The van der Waals surface area contributed by atoms with Gasteiger partial charge in [-0.25, -0.2) is 0 Å². The lowest BCUT2D eigenvalue weighted by Crippen LogP contribution is -2.04. The smallest absolute Gasteiger partial charge is 0.0642 e. The van der Waals surface area contributed by atoms with Gasteiger partial charge in [0.25, 0.3) is 0 Å². The average molecular weight is 615 g/mol. The average Bonchev–Trinajstić information content (AvgIpc) is 3.76. The van der Waals surface area contributed by atoms with Crippen LogP contribution in [-0.2, 0) is 7.05 Å². The van der Waals surface area contributed by atoms with E-state index in [-0.39, 0.29) is 0 Å². The van der Waals surface area contributed by atoms with Crippen molar-refractivity contribution in [2.24, 2.45) is 7.05 Å². The number of aromatic nitrogens is 4. The first-order valence-corrected chi connectivity index (χ1v) is 17.7. The molecule has 0 spiro atoms. The standard InChI is InChI=1S/C42H54N4/c1-25(2)31-14-16-36-33(18-31)22-39(44-36)29(7)11-10-27(5)32-15-17-41-35(19-32)23-42(46(41)9)30(8)13-12-28(6)38-21-34-20-37(26(3)4)45-40(34)24-43-38/h14-30,44-45H,10-13H2,1-9H3. The van der Waals surface area contributed by atoms with Crippen LogP contribution in [-0.4, -0.2) is 19.5 Å². The van der Waals surface area contributed by atoms with E-state index >= 15 is 0 Å². The van der Waals surface area contributed by atoms with Gasteiger partial charge in [0.05, 0.1) is 11.7 Å². The third kappa shape index (κ3) is 6.54. The zero-order valence-electron chi connectivity index (χ0n) is 29.5. The Morgan fingerprint density at radius 3 is 1.96 bits per heavy atom. The van der Waals surface area contributed by atoms with Crippen molar-refractivity contribution in [3.05, 3.63) is 101 Å². The molecule has 0 aliphatic carbocycles. The van der Waals surface area contributed by atoms with Gasteiger partial charge in [-0.1, -0.05) is 67.5 Å². The van der Waals surface area contributed by atoms with Gasteiger partial charge in [-0.3, -0.25) is 4.98 Å². The lowest BCUT2D eigenvalue weighted by atomic mass is 9.90. The van der Waals surface area contributed by atoms with Gasteiger partial charge in [0.1, 0.15) is 0 Å². The molecule has 4 heterocycles. The van der Waals surface area contributed by atoms with Crippen molar-refractivity contribution in [1.29, 1.82) is 0 Å². The zero-order valence-corrected chi connectivity index (χ0v) is 29.5. The maximum atomic E-state index is 4.83. The molecule has 2 aromatic carbocycles. The van der Waals surface area contributed by atoms with Crippen LogP contribution in [0.4, 0.5) is 0 Å². The lowest BCUT2D eigenvalue weighted by molar-refractivity contribution is 0.549. The topological polar surface area (TPSA) is 49.4 Å². The third-order valence-electron chi connectivity index (χ3n) is 10.8. The van der Waals surface area contributed by atoms with E-state index in [1.807, 2.05) is 6.20 Å². The van der Waals surface area contributed by atoms with Crippen LogP contribution in [0, 0.1) is 0 Å². The number of hydrogen-bond acceptors (Lipinski definition) is 1. The van der Waals surface area contributed by atoms with Gasteiger partial charge in [-0.15, -0.1) is 0 Å². The molecule has 4 unspecified atom stereocenters. The molecule has 0 radical (unpaired) electrons. The minimum atomic E-state index is 0.427. The number of nitrogens with one attached hydrogen (secondary N) is 2. The van der Waals surface area contributed by atoms with E-state index < -0.39 is 0 Å². The van der Waals surface area contributed by atoms with Crippen molar-refractivity contribution in [2.45, 2.75) is 117 Å². The second-order valence-corrected chi connectivity index (χ2v) is 15.0. The summed E-state index contributed by atoms with van der Waals surface area (Å²) in [6, 6.07) is 23.4. The second-order valence-electron chi connectivity index (χ2n) is 15.0. The van der Waals surface area contributed by atoms with E-state index in [1.54, 1.807) is 0 Å². The summed E-state index contributed by atoms with van der Waals surface area (Å²) in [5, 5.41) is 3.98. The van der Waals surface area contributed by atoms with Gasteiger partial charge >= 0.3 is 0 Å². The normalized spacial score (nSPS) is 15.0. The first-order chi connectivity index (χ1) is 22.0. The third-order valence-corrected chi connectivity index (χ3v) is 10.8. The van der Waals surface area contributed by atoms with E-state index in [0.717, 1.165) is 18.4 Å². The molecular formula is C42H54N4. The molecular weight excluding hydrogens is 560 g/mol. The number of nitrogens with zero attached hydrogens (tertiary/aromatic N) is 2. The highest BCUT2D eigenvalue weighted by atomic mass is 14.9. The molecule has 0 amide bonds. The highest BCUT2D eigenvalue weighted by Gasteiger charge is 2.18. The van der Waals surface area contributed by atoms with Crippen LogP contribution in [0.1, 0.15) is 150 Å². The van der Waals surface area contributed by atoms with Crippen molar-refractivity contribution >= 4 is 32.7 Å². The fourth-order valence-electron chi connectivity index (χ4n) is 7.24. The summed E-state index contributed by atoms with van der Waals surface area (Å²) in [4.78, 5) is 12.1. The van der Waals surface area contributed by atoms with E-state index in [4.69, 9.17) is 4.98 Å². The summed E-state index contributed by atoms with van der Waals surface area (Å²) >= 11 is 0. The van der Waals surface area contributed by atoms with Gasteiger partial charge in [-0.05, 0) is 126 Å². The number of rotatable bonds is 12. The van der Waals surface area contributed by atoms with Gasteiger partial charge < -0.3 is 14.5 Å². The highest BCUT2D eigenvalue weighted by Crippen LogP contribution is 2.35. The first kappa shape index (κ1) is 32.2. The molecule has 4 aromatic heterocycles. The molecule has 0 aliphatic heterocycles. The van der Waals surface area contributed by atoms with Crippen LogP contribution in [0.25, 0.3) is 32.7 Å². The zero-order chi connectivity index (χ0) is 32.7. The molecule has 0 saturated heterocycles. The van der Waals surface area contributed by atoms with E-state index in [2.05, 4.69) is 138 Å². The number of H-pyrrole nitrogens is 2. The van der Waals surface area contributed by atoms with Crippen molar-refractivity contribution in [3.8, 4) is 0 Å². The predicted octanol–water partition coefficient (Wildman–Crippen LogP) is 12.2. The highest BCUT2D eigenvalue weighted by molar-refractivity contribution is 5.83. The predicted molar refractivity (Wildman–Crippen MR) is 198 cm³/mol. The summed E-state index contributed by atoms with van der Waals surface area (Å²) in [6.07, 6.45) is 6.63. The maximum absolute atomic E-state index is 4.83. The number of benzene rings is 2. The number of pyridine rings is 1. The Balaban J connectivity index is 1.08. The largest absolute Gasteiger partial charge is 0.358 e. The molecule has 0 aliphatic rings. The van der Waals surface area contributed by atoms with Crippen LogP contribution in [0.2, 0.25) is 0 Å². The molecule has 4 atom stereocenters. The van der Waals surface area contributed by atoms with Gasteiger partial charge in [0.15, 0.2) is 0 Å². The SMILES string of the molecule is CC(C)c1ccc2[nH]c(C(C)CCC(C)c3ccc4c(c3)cc(C(C)CCC(C)c3cc5cc(C(C)C)[nH]c5cn3)n4C)cc2c1. The molecule has 0 bridgehead atoms. The Morgan fingerprint density at radius 1 is 0.565 bits per heavy atom. The van der Waals surface area contributed by atoms with E-state index in [9.17, 15) is 0 Å².